The Hall–Kier alpha value is -1.36. The smallest absolute Gasteiger partial charge is 0.343 e. The summed E-state index contributed by atoms with van der Waals surface area (Å²) in [5.74, 6) is -0.588. The molecule has 0 heterocycles. The quantitative estimate of drug-likeness (QED) is 0.265. The summed E-state index contributed by atoms with van der Waals surface area (Å²) in [5, 5.41) is 6.50. The number of rotatable bonds is 3. The summed E-state index contributed by atoms with van der Waals surface area (Å²) in [5.41, 5.74) is 0.143. The second kappa shape index (κ2) is 7.00. The van der Waals surface area contributed by atoms with Gasteiger partial charge in [0.1, 0.15) is 5.57 Å². The molecule has 0 saturated carbocycles. The van der Waals surface area contributed by atoms with Gasteiger partial charge in [0.2, 0.25) is 11.2 Å². The van der Waals surface area contributed by atoms with Crippen molar-refractivity contribution in [1.82, 2.24) is 0 Å². The number of ether oxygens (including phenoxy) is 2. The van der Waals surface area contributed by atoms with Gasteiger partial charge in [0.05, 0.1) is 13.7 Å². The van der Waals surface area contributed by atoms with E-state index in [0.717, 1.165) is 0 Å². The van der Waals surface area contributed by atoms with Crippen LogP contribution in [0, 0.1) is 5.41 Å². The minimum atomic E-state index is -0.557. The molecule has 0 fully saturated rings. The summed E-state index contributed by atoms with van der Waals surface area (Å²) in [6.07, 6.45) is 1.49. The van der Waals surface area contributed by atoms with Crippen LogP contribution in [0.4, 0.5) is 0 Å². The number of nitrogens with zero attached hydrogens (tertiary/aromatic N) is 1. The van der Waals surface area contributed by atoms with Crippen molar-refractivity contribution in [1.29, 1.82) is 5.41 Å². The first-order valence-corrected chi connectivity index (χ1v) is 4.65. The van der Waals surface area contributed by atoms with Gasteiger partial charge < -0.3 is 9.47 Å². The van der Waals surface area contributed by atoms with E-state index >= 15 is 0 Å². The average Bonchev–Trinajstić information content (AvgIpc) is 2.17. The highest BCUT2D eigenvalue weighted by atomic mass is 35.5. The molecule has 6 heteroatoms. The van der Waals surface area contributed by atoms with Gasteiger partial charge in [-0.05, 0) is 25.4 Å². The molecule has 0 bridgehead atoms. The first kappa shape index (κ1) is 13.6. The molecule has 15 heavy (non-hydrogen) atoms. The molecule has 0 aromatic heterocycles. The zero-order chi connectivity index (χ0) is 11.8. The van der Waals surface area contributed by atoms with E-state index in [-0.39, 0.29) is 18.1 Å². The van der Waals surface area contributed by atoms with Crippen molar-refractivity contribution >= 4 is 28.8 Å². The molecule has 0 radical (unpaired) electrons. The lowest BCUT2D eigenvalue weighted by Gasteiger charge is -2.07. The number of allylic oxidation sites excluding steroid dienone is 1. The van der Waals surface area contributed by atoms with Crippen molar-refractivity contribution in [3.05, 3.63) is 11.6 Å². The van der Waals surface area contributed by atoms with Crippen LogP contribution in [0.2, 0.25) is 0 Å². The molecule has 0 aromatic rings. The van der Waals surface area contributed by atoms with Gasteiger partial charge in [-0.1, -0.05) is 6.08 Å². The third-order valence-corrected chi connectivity index (χ3v) is 1.49. The van der Waals surface area contributed by atoms with Crippen LogP contribution < -0.4 is 0 Å². The molecule has 0 atom stereocenters. The molecule has 1 N–H and O–H groups in total. The van der Waals surface area contributed by atoms with E-state index in [9.17, 15) is 4.79 Å². The minimum absolute atomic E-state index is 0.0315. The van der Waals surface area contributed by atoms with E-state index in [2.05, 4.69) is 4.99 Å². The van der Waals surface area contributed by atoms with Crippen molar-refractivity contribution < 1.29 is 14.3 Å². The molecule has 0 amide bonds. The third kappa shape index (κ3) is 4.60. The monoisotopic (exact) mass is 232 g/mol. The summed E-state index contributed by atoms with van der Waals surface area (Å²) >= 11 is 5.27. The van der Waals surface area contributed by atoms with Crippen LogP contribution in [0.25, 0.3) is 0 Å². The zero-order valence-corrected chi connectivity index (χ0v) is 9.59. The summed E-state index contributed by atoms with van der Waals surface area (Å²) < 4.78 is 9.61. The van der Waals surface area contributed by atoms with Gasteiger partial charge in [-0.15, -0.1) is 0 Å². The highest BCUT2D eigenvalue weighted by molar-refractivity contribution is 6.64. The average molecular weight is 233 g/mol. The molecule has 0 aliphatic rings. The lowest BCUT2D eigenvalue weighted by Crippen LogP contribution is -2.18. The summed E-state index contributed by atoms with van der Waals surface area (Å²) in [6.45, 7) is 3.59. The maximum atomic E-state index is 11.4. The number of aliphatic imine (C=N–C) groups is 1. The Morgan fingerprint density at radius 2 is 2.20 bits per heavy atom. The van der Waals surface area contributed by atoms with Crippen LogP contribution >= 0.6 is 11.6 Å². The lowest BCUT2D eigenvalue weighted by atomic mass is 10.2. The number of methoxy groups -OCH3 is 1. The Labute approximate surface area is 93.2 Å². The maximum Gasteiger partial charge on any atom is 0.343 e. The molecule has 0 spiro atoms. The van der Waals surface area contributed by atoms with E-state index in [4.69, 9.17) is 26.5 Å². The van der Waals surface area contributed by atoms with E-state index in [1.54, 1.807) is 13.8 Å². The van der Waals surface area contributed by atoms with Gasteiger partial charge in [0.25, 0.3) is 0 Å². The van der Waals surface area contributed by atoms with E-state index < -0.39 is 11.3 Å². The SMILES string of the molecule is C/C=C(C(=O)OCC)\C(=N/C(=N)Cl)OC. The number of esters is 1. The summed E-state index contributed by atoms with van der Waals surface area (Å²) in [7, 11) is 1.33. The number of halogens is 1. The molecule has 0 aliphatic carbocycles. The third-order valence-electron chi connectivity index (χ3n) is 1.41. The van der Waals surface area contributed by atoms with Crippen molar-refractivity contribution in [2.24, 2.45) is 4.99 Å². The van der Waals surface area contributed by atoms with E-state index in [0.29, 0.717) is 0 Å². The standard InChI is InChI=1S/C9H13ClN2O3/c1-4-6(8(13)15-5-2)7(14-3)12-9(10)11/h4,11H,5H2,1-3H3/b6-4+,11-9?,12-7+. The first-order valence-electron chi connectivity index (χ1n) is 4.27. The number of hydrogen-bond acceptors (Lipinski definition) is 4. The predicted molar refractivity (Wildman–Crippen MR) is 58.4 cm³/mol. The van der Waals surface area contributed by atoms with Gasteiger partial charge in [-0.25, -0.2) is 4.79 Å². The fourth-order valence-corrected chi connectivity index (χ4v) is 0.919. The van der Waals surface area contributed by atoms with Crippen LogP contribution in [0.15, 0.2) is 16.6 Å². The number of amidine groups is 1. The first-order chi connectivity index (χ1) is 7.06. The number of hydrogen-bond donors (Lipinski definition) is 1. The number of carbonyl (C=O) groups is 1. The summed E-state index contributed by atoms with van der Waals surface area (Å²) in [6, 6.07) is 0. The Morgan fingerprint density at radius 3 is 2.53 bits per heavy atom. The molecule has 0 saturated heterocycles. The normalized spacial score (nSPS) is 12.3. The largest absolute Gasteiger partial charge is 0.480 e. The molecule has 0 aliphatic heterocycles. The van der Waals surface area contributed by atoms with Crippen LogP contribution in [0.1, 0.15) is 13.8 Å². The molecule has 84 valence electrons. The van der Waals surface area contributed by atoms with Crippen molar-refractivity contribution in [2.75, 3.05) is 13.7 Å². The van der Waals surface area contributed by atoms with Crippen LogP contribution in [-0.4, -0.2) is 30.9 Å². The van der Waals surface area contributed by atoms with Gasteiger partial charge >= 0.3 is 5.97 Å². The predicted octanol–water partition coefficient (Wildman–Crippen LogP) is 1.71. The number of carbonyl (C=O) groups excluding carboxylic acids is 1. The Balaban J connectivity index is 4.95. The fraction of sp³-hybridized carbons (Fsp3) is 0.444. The highest BCUT2D eigenvalue weighted by Gasteiger charge is 2.17. The van der Waals surface area contributed by atoms with Crippen molar-refractivity contribution in [2.45, 2.75) is 13.8 Å². The molecular formula is C9H13ClN2O3. The minimum Gasteiger partial charge on any atom is -0.480 e. The van der Waals surface area contributed by atoms with Crippen LogP contribution in [0.3, 0.4) is 0 Å². The van der Waals surface area contributed by atoms with Crippen LogP contribution in [-0.2, 0) is 14.3 Å². The molecular weight excluding hydrogens is 220 g/mol. The van der Waals surface area contributed by atoms with Gasteiger partial charge in [0, 0.05) is 0 Å². The Kier molecular flexibility index (Phi) is 6.37. The van der Waals surface area contributed by atoms with Gasteiger partial charge in [-0.2, -0.15) is 4.99 Å². The van der Waals surface area contributed by atoms with Crippen LogP contribution in [0.5, 0.6) is 0 Å². The van der Waals surface area contributed by atoms with Crippen molar-refractivity contribution in [3.8, 4) is 0 Å². The Bertz CT molecular complexity index is 310. The second-order valence-corrected chi connectivity index (χ2v) is 2.69. The van der Waals surface area contributed by atoms with Gasteiger partial charge in [-0.3, -0.25) is 5.41 Å². The van der Waals surface area contributed by atoms with E-state index in [1.165, 1.54) is 13.2 Å². The van der Waals surface area contributed by atoms with E-state index in [1.807, 2.05) is 0 Å². The highest BCUT2D eigenvalue weighted by Crippen LogP contribution is 2.04. The Morgan fingerprint density at radius 1 is 1.60 bits per heavy atom. The summed E-state index contributed by atoms with van der Waals surface area (Å²) in [4.78, 5) is 14.9. The zero-order valence-electron chi connectivity index (χ0n) is 8.83. The second-order valence-electron chi connectivity index (χ2n) is 2.33. The fourth-order valence-electron chi connectivity index (χ4n) is 0.842. The lowest BCUT2D eigenvalue weighted by molar-refractivity contribution is -0.138. The molecule has 5 nitrogen and oxygen atoms in total. The maximum absolute atomic E-state index is 11.4. The van der Waals surface area contributed by atoms with Gasteiger partial charge in [0.15, 0.2) is 0 Å². The number of nitrogens with one attached hydrogen (secondary N) is 1. The molecule has 0 unspecified atom stereocenters. The van der Waals surface area contributed by atoms with Crippen molar-refractivity contribution in [3.63, 3.8) is 0 Å². The molecule has 0 rings (SSSR count). The molecule has 0 aromatic carbocycles. The topological polar surface area (TPSA) is 71.7 Å².